The predicted molar refractivity (Wildman–Crippen MR) is 129 cm³/mol. The number of nitrogens with one attached hydrogen (secondary N) is 1. The van der Waals surface area contributed by atoms with E-state index in [2.05, 4.69) is 26.5 Å². The Morgan fingerprint density at radius 2 is 1.91 bits per heavy atom. The molecule has 1 aromatic carbocycles. The van der Waals surface area contributed by atoms with E-state index in [9.17, 15) is 9.90 Å². The fourth-order valence-corrected chi connectivity index (χ4v) is 4.80. The number of carbonyl (C=O) groups excluding carboxylic acids is 1. The number of aliphatic hydroxyl groups excluding tert-OH is 1. The van der Waals surface area contributed by atoms with Crippen molar-refractivity contribution >= 4 is 23.3 Å². The number of piperidine rings is 1. The summed E-state index contributed by atoms with van der Waals surface area (Å²) in [7, 11) is 0. The molecule has 1 saturated carbocycles. The summed E-state index contributed by atoms with van der Waals surface area (Å²) >= 11 is 6.25. The van der Waals surface area contributed by atoms with Crippen LogP contribution in [-0.2, 0) is 0 Å². The maximum absolute atomic E-state index is 12.7. The summed E-state index contributed by atoms with van der Waals surface area (Å²) < 4.78 is 6.14. The Morgan fingerprint density at radius 1 is 1.18 bits per heavy atom. The highest BCUT2D eigenvalue weighted by Crippen LogP contribution is 2.32. The summed E-state index contributed by atoms with van der Waals surface area (Å²) in [5, 5.41) is 30.3. The molecule has 0 bridgehead atoms. The van der Waals surface area contributed by atoms with Crippen molar-refractivity contribution in [2.45, 2.75) is 57.6 Å². The standard InChI is InChI=1S/C25H30ClN5O3/c1-16-22(8-2-18(14-27)24(16)26)34-20-5-3-19(4-6-20)28-25(33)21-7-9-23(30-29-21)31-12-10-17(15-32)11-13-31/h2,7-9,17,19-20,32H,3-6,10-13,15H2,1H3,(H,28,33)/t19-,20-. The van der Waals surface area contributed by atoms with Crippen LogP contribution in [-0.4, -0.2) is 53.1 Å². The van der Waals surface area contributed by atoms with Crippen LogP contribution in [0.25, 0.3) is 0 Å². The lowest BCUT2D eigenvalue weighted by Crippen LogP contribution is -2.40. The molecule has 2 fully saturated rings. The number of rotatable bonds is 6. The van der Waals surface area contributed by atoms with Gasteiger partial charge in [-0.15, -0.1) is 10.2 Å². The Kier molecular flexibility index (Phi) is 7.86. The zero-order valence-electron chi connectivity index (χ0n) is 19.3. The number of aliphatic hydroxyl groups is 1. The minimum Gasteiger partial charge on any atom is -0.490 e. The molecule has 1 amide bonds. The summed E-state index contributed by atoms with van der Waals surface area (Å²) in [6.45, 7) is 3.76. The zero-order chi connectivity index (χ0) is 24.1. The molecular weight excluding hydrogens is 454 g/mol. The maximum atomic E-state index is 12.7. The Balaban J connectivity index is 1.25. The average molecular weight is 484 g/mol. The van der Waals surface area contributed by atoms with E-state index in [-0.39, 0.29) is 24.7 Å². The molecule has 34 heavy (non-hydrogen) atoms. The number of benzene rings is 1. The summed E-state index contributed by atoms with van der Waals surface area (Å²) in [5.41, 5.74) is 1.53. The molecule has 1 aromatic heterocycles. The zero-order valence-corrected chi connectivity index (χ0v) is 20.1. The van der Waals surface area contributed by atoms with Gasteiger partial charge in [-0.3, -0.25) is 4.79 Å². The third-order valence-electron chi connectivity index (χ3n) is 6.84. The van der Waals surface area contributed by atoms with Crippen molar-refractivity contribution in [1.82, 2.24) is 15.5 Å². The Morgan fingerprint density at radius 3 is 2.53 bits per heavy atom. The average Bonchev–Trinajstić information content (AvgIpc) is 2.88. The summed E-state index contributed by atoms with van der Waals surface area (Å²) in [6.07, 6.45) is 5.17. The minimum atomic E-state index is -0.211. The van der Waals surface area contributed by atoms with Gasteiger partial charge in [-0.25, -0.2) is 0 Å². The highest BCUT2D eigenvalue weighted by Gasteiger charge is 2.26. The summed E-state index contributed by atoms with van der Waals surface area (Å²) in [5.74, 6) is 1.62. The summed E-state index contributed by atoms with van der Waals surface area (Å²) in [6, 6.07) is 9.19. The quantitative estimate of drug-likeness (QED) is 0.645. The third kappa shape index (κ3) is 5.60. The molecule has 1 aliphatic carbocycles. The van der Waals surface area contributed by atoms with Crippen LogP contribution < -0.4 is 15.0 Å². The first-order chi connectivity index (χ1) is 16.5. The van der Waals surface area contributed by atoms with Crippen molar-refractivity contribution in [3.63, 3.8) is 0 Å². The maximum Gasteiger partial charge on any atom is 0.272 e. The van der Waals surface area contributed by atoms with Crippen LogP contribution >= 0.6 is 11.6 Å². The second-order valence-electron chi connectivity index (χ2n) is 9.12. The molecule has 1 saturated heterocycles. The monoisotopic (exact) mass is 483 g/mol. The van der Waals surface area contributed by atoms with Crippen LogP contribution in [0, 0.1) is 24.2 Å². The Bertz CT molecular complexity index is 1040. The van der Waals surface area contributed by atoms with Gasteiger partial charge in [0.15, 0.2) is 11.5 Å². The van der Waals surface area contributed by atoms with Gasteiger partial charge in [-0.05, 0) is 75.6 Å². The molecule has 2 heterocycles. The van der Waals surface area contributed by atoms with Crippen molar-refractivity contribution in [2.24, 2.45) is 5.92 Å². The molecular formula is C25H30ClN5O3. The predicted octanol–water partition coefficient (Wildman–Crippen LogP) is 3.64. The first-order valence-electron chi connectivity index (χ1n) is 11.8. The Labute approximate surface area is 204 Å². The SMILES string of the molecule is Cc1c(O[C@H]2CC[C@H](NC(=O)c3ccc(N4CCC(CO)CC4)nn3)CC2)ccc(C#N)c1Cl. The first-order valence-corrected chi connectivity index (χ1v) is 12.2. The van der Waals surface area contributed by atoms with Crippen LogP contribution in [0.15, 0.2) is 24.3 Å². The number of hydrogen-bond acceptors (Lipinski definition) is 7. The van der Waals surface area contributed by atoms with Crippen LogP contribution in [0.3, 0.4) is 0 Å². The Hall–Kier alpha value is -2.89. The van der Waals surface area contributed by atoms with Gasteiger partial charge >= 0.3 is 0 Å². The van der Waals surface area contributed by atoms with Gasteiger partial charge in [-0.2, -0.15) is 5.26 Å². The number of hydrogen-bond donors (Lipinski definition) is 2. The molecule has 8 nitrogen and oxygen atoms in total. The van der Waals surface area contributed by atoms with Crippen LogP contribution in [0.1, 0.15) is 60.1 Å². The lowest BCUT2D eigenvalue weighted by Gasteiger charge is -2.31. The van der Waals surface area contributed by atoms with Gasteiger partial charge < -0.3 is 20.1 Å². The van der Waals surface area contributed by atoms with Gasteiger partial charge in [-0.1, -0.05) is 11.6 Å². The van der Waals surface area contributed by atoms with Gasteiger partial charge in [0.05, 0.1) is 16.7 Å². The topological polar surface area (TPSA) is 111 Å². The number of carbonyl (C=O) groups is 1. The number of nitriles is 1. The minimum absolute atomic E-state index is 0.0462. The van der Waals surface area contributed by atoms with Gasteiger partial charge in [0.1, 0.15) is 11.8 Å². The first kappa shape index (κ1) is 24.2. The number of ether oxygens (including phenoxy) is 1. The molecule has 2 aliphatic rings. The third-order valence-corrected chi connectivity index (χ3v) is 7.33. The molecule has 1 aliphatic heterocycles. The lowest BCUT2D eigenvalue weighted by molar-refractivity contribution is 0.0887. The van der Waals surface area contributed by atoms with E-state index in [0.717, 1.165) is 63.0 Å². The van der Waals surface area contributed by atoms with E-state index >= 15 is 0 Å². The fraction of sp³-hybridized carbons (Fsp3) is 0.520. The molecule has 0 spiro atoms. The van der Waals surface area contributed by atoms with Crippen molar-refractivity contribution < 1.29 is 14.6 Å². The molecule has 0 unspecified atom stereocenters. The van der Waals surface area contributed by atoms with Gasteiger partial charge in [0, 0.05) is 31.3 Å². The van der Waals surface area contributed by atoms with Crippen molar-refractivity contribution in [1.29, 1.82) is 5.26 Å². The van der Waals surface area contributed by atoms with Gasteiger partial charge in [0.25, 0.3) is 5.91 Å². The van der Waals surface area contributed by atoms with E-state index in [1.807, 2.05) is 13.0 Å². The molecule has 2 N–H and O–H groups in total. The second-order valence-corrected chi connectivity index (χ2v) is 9.49. The van der Waals surface area contributed by atoms with Crippen molar-refractivity contribution in [3.8, 4) is 11.8 Å². The highest BCUT2D eigenvalue weighted by atomic mass is 35.5. The molecule has 2 aromatic rings. The van der Waals surface area contributed by atoms with Crippen LogP contribution in [0.2, 0.25) is 5.02 Å². The van der Waals surface area contributed by atoms with Crippen molar-refractivity contribution in [3.05, 3.63) is 46.1 Å². The van der Waals surface area contributed by atoms with E-state index in [1.165, 1.54) is 0 Å². The van der Waals surface area contributed by atoms with Crippen LogP contribution in [0.5, 0.6) is 5.75 Å². The number of amides is 1. The number of anilines is 1. The number of nitrogens with zero attached hydrogens (tertiary/aromatic N) is 4. The molecule has 4 rings (SSSR count). The number of aromatic nitrogens is 2. The van der Waals surface area contributed by atoms with Crippen molar-refractivity contribution in [2.75, 3.05) is 24.6 Å². The highest BCUT2D eigenvalue weighted by molar-refractivity contribution is 6.32. The van der Waals surface area contributed by atoms with Gasteiger partial charge in [0.2, 0.25) is 0 Å². The molecule has 0 radical (unpaired) electrons. The van der Waals surface area contributed by atoms with E-state index in [0.29, 0.717) is 27.9 Å². The smallest absolute Gasteiger partial charge is 0.272 e. The second kappa shape index (κ2) is 11.0. The van der Waals surface area contributed by atoms with E-state index < -0.39 is 0 Å². The van der Waals surface area contributed by atoms with Crippen LogP contribution in [0.4, 0.5) is 5.82 Å². The molecule has 9 heteroatoms. The fourth-order valence-electron chi connectivity index (χ4n) is 4.60. The summed E-state index contributed by atoms with van der Waals surface area (Å²) in [4.78, 5) is 14.8. The van der Waals surface area contributed by atoms with E-state index in [1.54, 1.807) is 18.2 Å². The van der Waals surface area contributed by atoms with E-state index in [4.69, 9.17) is 21.6 Å². The largest absolute Gasteiger partial charge is 0.490 e. The normalized spacial score (nSPS) is 21.1. The molecule has 180 valence electrons. The number of halogens is 1. The lowest BCUT2D eigenvalue weighted by atomic mass is 9.92. The molecule has 0 atom stereocenters.